The summed E-state index contributed by atoms with van der Waals surface area (Å²) < 4.78 is 5.93. The van der Waals surface area contributed by atoms with E-state index >= 15 is 0 Å². The maximum atomic E-state index is 12.2. The number of guanidine groups is 1. The Morgan fingerprint density at radius 3 is 2.58 bits per heavy atom. The van der Waals surface area contributed by atoms with Gasteiger partial charge in [-0.2, -0.15) is 0 Å². The van der Waals surface area contributed by atoms with Crippen LogP contribution in [0.15, 0.2) is 29.3 Å². The summed E-state index contributed by atoms with van der Waals surface area (Å²) in [5, 5.41) is 9.71. The first-order valence-corrected chi connectivity index (χ1v) is 11.7. The van der Waals surface area contributed by atoms with Crippen LogP contribution in [0.3, 0.4) is 0 Å². The number of nitrogens with zero attached hydrogens (tertiary/aromatic N) is 2. The lowest BCUT2D eigenvalue weighted by Crippen LogP contribution is -2.50. The Bertz CT molecular complexity index is 690. The summed E-state index contributed by atoms with van der Waals surface area (Å²) in [7, 11) is 0. The highest BCUT2D eigenvalue weighted by Crippen LogP contribution is 2.08. The Morgan fingerprint density at radius 2 is 1.94 bits per heavy atom. The summed E-state index contributed by atoms with van der Waals surface area (Å²) in [6.07, 6.45) is 1.08. The Morgan fingerprint density at radius 1 is 1.19 bits per heavy atom. The van der Waals surface area contributed by atoms with E-state index < -0.39 is 0 Å². The normalized spacial score (nSPS) is 18.6. The minimum Gasteiger partial charge on any atom is -0.374 e. The molecule has 0 saturated carbocycles. The van der Waals surface area contributed by atoms with Crippen molar-refractivity contribution >= 4 is 11.9 Å². The van der Waals surface area contributed by atoms with Crippen LogP contribution in [0, 0.1) is 5.92 Å². The predicted molar refractivity (Wildman–Crippen MR) is 127 cm³/mol. The Labute approximate surface area is 188 Å². The Balaban J connectivity index is 1.87. The van der Waals surface area contributed by atoms with Crippen molar-refractivity contribution in [1.29, 1.82) is 0 Å². The zero-order valence-electron chi connectivity index (χ0n) is 19.9. The summed E-state index contributed by atoms with van der Waals surface area (Å²) in [4.78, 5) is 19.4. The van der Waals surface area contributed by atoms with Crippen molar-refractivity contribution in [3.63, 3.8) is 0 Å². The van der Waals surface area contributed by atoms with Gasteiger partial charge in [-0.1, -0.05) is 32.9 Å². The molecule has 7 heteroatoms. The molecular formula is C24H41N5O2. The molecule has 7 nitrogen and oxygen atoms in total. The minimum atomic E-state index is -0.0293. The van der Waals surface area contributed by atoms with Gasteiger partial charge in [-0.25, -0.2) is 4.99 Å². The number of carbonyl (C=O) groups is 1. The molecule has 0 spiro atoms. The average Bonchev–Trinajstić information content (AvgIpc) is 2.75. The summed E-state index contributed by atoms with van der Waals surface area (Å²) >= 11 is 0. The number of aliphatic imine (C=N–C) groups is 1. The van der Waals surface area contributed by atoms with Gasteiger partial charge in [-0.15, -0.1) is 0 Å². The molecular weight excluding hydrogens is 390 g/mol. The van der Waals surface area contributed by atoms with Crippen molar-refractivity contribution in [2.75, 3.05) is 39.3 Å². The molecule has 1 aromatic carbocycles. The van der Waals surface area contributed by atoms with Gasteiger partial charge in [-0.05, 0) is 43.9 Å². The van der Waals surface area contributed by atoms with E-state index in [9.17, 15) is 4.79 Å². The van der Waals surface area contributed by atoms with Crippen molar-refractivity contribution in [3.8, 4) is 0 Å². The molecule has 0 bridgehead atoms. The molecule has 3 N–H and O–H groups in total. The number of hydrogen-bond donors (Lipinski definition) is 3. The van der Waals surface area contributed by atoms with E-state index in [-0.39, 0.29) is 18.1 Å². The van der Waals surface area contributed by atoms with E-state index in [0.717, 1.165) is 57.3 Å². The quantitative estimate of drug-likeness (QED) is 0.392. The van der Waals surface area contributed by atoms with E-state index in [1.807, 2.05) is 31.2 Å². The lowest BCUT2D eigenvalue weighted by Gasteiger charge is -2.34. The molecule has 0 radical (unpaired) electrons. The van der Waals surface area contributed by atoms with Gasteiger partial charge in [0.05, 0.1) is 19.3 Å². The topological polar surface area (TPSA) is 78.0 Å². The highest BCUT2D eigenvalue weighted by molar-refractivity contribution is 5.94. The Kier molecular flexibility index (Phi) is 10.8. The van der Waals surface area contributed by atoms with Gasteiger partial charge in [0.2, 0.25) is 0 Å². The van der Waals surface area contributed by atoms with Crippen LogP contribution in [0.4, 0.5) is 0 Å². The van der Waals surface area contributed by atoms with Gasteiger partial charge in [0.1, 0.15) is 0 Å². The SMILES string of the molecule is CCNC(=NCc1ccc(C(=O)NC(C)CC)cc1)NCC1CN(CC(C)C)CCO1. The van der Waals surface area contributed by atoms with Gasteiger partial charge < -0.3 is 20.7 Å². The zero-order valence-corrected chi connectivity index (χ0v) is 19.9. The second kappa shape index (κ2) is 13.3. The lowest BCUT2D eigenvalue weighted by atomic mass is 10.1. The van der Waals surface area contributed by atoms with Gasteiger partial charge in [0.25, 0.3) is 5.91 Å². The molecule has 1 amide bonds. The first-order chi connectivity index (χ1) is 14.9. The van der Waals surface area contributed by atoms with Crippen LogP contribution in [0.2, 0.25) is 0 Å². The number of morpholine rings is 1. The van der Waals surface area contributed by atoms with Crippen molar-refractivity contribution in [2.24, 2.45) is 10.9 Å². The third-order valence-electron chi connectivity index (χ3n) is 5.31. The molecule has 2 rings (SSSR count). The molecule has 1 aliphatic heterocycles. The van der Waals surface area contributed by atoms with Gasteiger partial charge in [-0.3, -0.25) is 9.69 Å². The molecule has 2 unspecified atom stereocenters. The molecule has 1 aromatic rings. The van der Waals surface area contributed by atoms with Crippen LogP contribution in [0.5, 0.6) is 0 Å². The second-order valence-corrected chi connectivity index (χ2v) is 8.70. The first kappa shape index (κ1) is 25.1. The highest BCUT2D eigenvalue weighted by atomic mass is 16.5. The van der Waals surface area contributed by atoms with Gasteiger partial charge in [0, 0.05) is 44.3 Å². The van der Waals surface area contributed by atoms with Crippen LogP contribution >= 0.6 is 0 Å². The van der Waals surface area contributed by atoms with Crippen molar-refractivity contribution < 1.29 is 9.53 Å². The molecule has 1 heterocycles. The highest BCUT2D eigenvalue weighted by Gasteiger charge is 2.21. The molecule has 1 fully saturated rings. The lowest BCUT2D eigenvalue weighted by molar-refractivity contribution is -0.0284. The molecule has 1 saturated heterocycles. The maximum Gasteiger partial charge on any atom is 0.251 e. The van der Waals surface area contributed by atoms with Crippen LogP contribution in [-0.2, 0) is 11.3 Å². The number of hydrogen-bond acceptors (Lipinski definition) is 4. The molecule has 174 valence electrons. The summed E-state index contributed by atoms with van der Waals surface area (Å²) in [5.41, 5.74) is 1.74. The van der Waals surface area contributed by atoms with E-state index in [4.69, 9.17) is 9.73 Å². The fourth-order valence-electron chi connectivity index (χ4n) is 3.48. The summed E-state index contributed by atoms with van der Waals surface area (Å²) in [6.45, 7) is 16.6. The second-order valence-electron chi connectivity index (χ2n) is 8.70. The van der Waals surface area contributed by atoms with Crippen LogP contribution in [-0.4, -0.2) is 68.2 Å². The zero-order chi connectivity index (χ0) is 22.6. The standard InChI is InChI=1S/C24H41N5O2/c1-6-19(5)28-23(30)21-10-8-20(9-11-21)14-26-24(25-7-2)27-15-22-17-29(12-13-31-22)16-18(3)4/h8-11,18-19,22H,6-7,12-17H2,1-5H3,(H,28,30)(H2,25,26,27). The minimum absolute atomic E-state index is 0.0293. The number of nitrogens with one attached hydrogen (secondary N) is 3. The predicted octanol–water partition coefficient (Wildman–Crippen LogP) is 2.63. The Hall–Kier alpha value is -2.12. The number of rotatable bonds is 10. The third kappa shape index (κ3) is 9.27. The van der Waals surface area contributed by atoms with Crippen LogP contribution in [0.1, 0.15) is 57.0 Å². The van der Waals surface area contributed by atoms with Crippen LogP contribution in [0.25, 0.3) is 0 Å². The number of carbonyl (C=O) groups excluding carboxylic acids is 1. The maximum absolute atomic E-state index is 12.2. The van der Waals surface area contributed by atoms with Gasteiger partial charge >= 0.3 is 0 Å². The van der Waals surface area contributed by atoms with E-state index in [2.05, 4.69) is 48.5 Å². The summed E-state index contributed by atoms with van der Waals surface area (Å²) in [5.74, 6) is 1.42. The van der Waals surface area contributed by atoms with E-state index in [1.54, 1.807) is 0 Å². The number of benzene rings is 1. The smallest absolute Gasteiger partial charge is 0.251 e. The van der Waals surface area contributed by atoms with Crippen molar-refractivity contribution in [3.05, 3.63) is 35.4 Å². The molecule has 31 heavy (non-hydrogen) atoms. The fraction of sp³-hybridized carbons (Fsp3) is 0.667. The van der Waals surface area contributed by atoms with Crippen molar-refractivity contribution in [1.82, 2.24) is 20.9 Å². The molecule has 0 aliphatic carbocycles. The molecule has 0 aromatic heterocycles. The van der Waals surface area contributed by atoms with E-state index in [0.29, 0.717) is 18.0 Å². The average molecular weight is 432 g/mol. The third-order valence-corrected chi connectivity index (χ3v) is 5.31. The summed E-state index contributed by atoms with van der Waals surface area (Å²) in [6, 6.07) is 7.83. The molecule has 2 atom stereocenters. The number of ether oxygens (including phenoxy) is 1. The number of amides is 1. The largest absolute Gasteiger partial charge is 0.374 e. The molecule has 1 aliphatic rings. The van der Waals surface area contributed by atoms with Gasteiger partial charge in [0.15, 0.2) is 5.96 Å². The van der Waals surface area contributed by atoms with Crippen molar-refractivity contribution in [2.45, 2.75) is 59.7 Å². The van der Waals surface area contributed by atoms with E-state index in [1.165, 1.54) is 0 Å². The monoisotopic (exact) mass is 431 g/mol. The van der Waals surface area contributed by atoms with Crippen LogP contribution < -0.4 is 16.0 Å². The first-order valence-electron chi connectivity index (χ1n) is 11.7. The fourth-order valence-corrected chi connectivity index (χ4v) is 3.48.